The Labute approximate surface area is 149 Å². The van der Waals surface area contributed by atoms with Gasteiger partial charge in [-0.15, -0.1) is 6.42 Å². The van der Waals surface area contributed by atoms with E-state index in [1.54, 1.807) is 18.2 Å². The highest BCUT2D eigenvalue weighted by Gasteiger charge is 2.13. The SMILES string of the molecule is C#Cc1ccc(Nc2cnccc2C(=O)NOC[C@H](O)CO)c(Cl)c1. The number of carbonyl (C=O) groups is 1. The molecule has 0 saturated heterocycles. The molecule has 7 nitrogen and oxygen atoms in total. The molecule has 0 aliphatic heterocycles. The molecular formula is C17H16ClN3O4. The van der Waals surface area contributed by atoms with Crippen molar-refractivity contribution in [2.24, 2.45) is 0 Å². The van der Waals surface area contributed by atoms with Gasteiger partial charge in [-0.3, -0.25) is 14.6 Å². The Kier molecular flexibility index (Phi) is 6.74. The summed E-state index contributed by atoms with van der Waals surface area (Å²) in [5.41, 5.74) is 4.04. The van der Waals surface area contributed by atoms with Crippen LogP contribution in [-0.2, 0) is 4.84 Å². The van der Waals surface area contributed by atoms with Crippen LogP contribution in [0.2, 0.25) is 5.02 Å². The number of rotatable bonds is 7. The maximum atomic E-state index is 12.2. The average molecular weight is 362 g/mol. The van der Waals surface area contributed by atoms with Crippen molar-refractivity contribution in [1.29, 1.82) is 0 Å². The van der Waals surface area contributed by atoms with Gasteiger partial charge in [-0.1, -0.05) is 17.5 Å². The van der Waals surface area contributed by atoms with Crippen LogP contribution in [0.3, 0.4) is 0 Å². The van der Waals surface area contributed by atoms with Gasteiger partial charge in [0, 0.05) is 11.8 Å². The lowest BCUT2D eigenvalue weighted by atomic mass is 10.2. The van der Waals surface area contributed by atoms with Gasteiger partial charge >= 0.3 is 0 Å². The average Bonchev–Trinajstić information content (AvgIpc) is 2.63. The number of nitrogens with one attached hydrogen (secondary N) is 2. The van der Waals surface area contributed by atoms with Gasteiger partial charge in [0.15, 0.2) is 0 Å². The first-order valence-electron chi connectivity index (χ1n) is 7.23. The molecule has 130 valence electrons. The van der Waals surface area contributed by atoms with Crippen LogP contribution >= 0.6 is 11.6 Å². The Balaban J connectivity index is 2.12. The fourth-order valence-electron chi connectivity index (χ4n) is 1.85. The van der Waals surface area contributed by atoms with Gasteiger partial charge < -0.3 is 15.5 Å². The predicted molar refractivity (Wildman–Crippen MR) is 93.4 cm³/mol. The molecule has 0 aliphatic carbocycles. The minimum absolute atomic E-state index is 0.241. The number of hydroxylamine groups is 1. The standard InChI is InChI=1S/C17H16ClN3O4/c1-2-11-3-4-15(14(18)7-11)20-16-8-19-6-5-13(16)17(24)21-25-10-12(23)9-22/h1,3-8,12,20,22-23H,9-10H2,(H,21,24)/t12-/m1/s1. The number of amides is 1. The summed E-state index contributed by atoms with van der Waals surface area (Å²) in [4.78, 5) is 21.0. The number of benzene rings is 1. The first-order chi connectivity index (χ1) is 12.0. The van der Waals surface area contributed by atoms with Crippen LogP contribution in [0.15, 0.2) is 36.7 Å². The third-order valence-electron chi connectivity index (χ3n) is 3.12. The zero-order valence-corrected chi connectivity index (χ0v) is 13.8. The van der Waals surface area contributed by atoms with Crippen LogP contribution in [0.1, 0.15) is 15.9 Å². The number of aliphatic hydroxyl groups is 2. The van der Waals surface area contributed by atoms with Crippen molar-refractivity contribution in [1.82, 2.24) is 10.5 Å². The first-order valence-corrected chi connectivity index (χ1v) is 7.61. The number of halogens is 1. The van der Waals surface area contributed by atoms with E-state index in [1.807, 2.05) is 0 Å². The number of pyridine rings is 1. The minimum atomic E-state index is -1.08. The van der Waals surface area contributed by atoms with E-state index in [0.717, 1.165) is 0 Å². The molecule has 2 rings (SSSR count). The number of aliphatic hydroxyl groups excluding tert-OH is 2. The Morgan fingerprint density at radius 3 is 2.88 bits per heavy atom. The Bertz CT molecular complexity index is 792. The molecule has 0 fully saturated rings. The first kappa shape index (κ1) is 18.7. The number of hydrogen-bond donors (Lipinski definition) is 4. The molecule has 1 aromatic carbocycles. The molecule has 1 atom stereocenters. The van der Waals surface area contributed by atoms with Crippen LogP contribution in [-0.4, -0.2) is 40.4 Å². The molecule has 0 bridgehead atoms. The topological polar surface area (TPSA) is 104 Å². The maximum absolute atomic E-state index is 12.2. The van der Waals surface area contributed by atoms with Gasteiger partial charge in [0.05, 0.1) is 34.8 Å². The number of terminal acetylenes is 1. The van der Waals surface area contributed by atoms with Crippen LogP contribution in [0.4, 0.5) is 11.4 Å². The van der Waals surface area contributed by atoms with Gasteiger partial charge in [-0.2, -0.15) is 0 Å². The molecule has 2 aromatic rings. The van der Waals surface area contributed by atoms with Gasteiger partial charge in [0.1, 0.15) is 12.7 Å². The van der Waals surface area contributed by atoms with E-state index >= 15 is 0 Å². The number of nitrogens with zero attached hydrogens (tertiary/aromatic N) is 1. The summed E-state index contributed by atoms with van der Waals surface area (Å²) in [6.07, 6.45) is 7.16. The second-order valence-corrected chi connectivity index (χ2v) is 5.37. The fraction of sp³-hybridized carbons (Fsp3) is 0.176. The largest absolute Gasteiger partial charge is 0.394 e. The highest BCUT2D eigenvalue weighted by molar-refractivity contribution is 6.33. The predicted octanol–water partition coefficient (Wildman–Crippen LogP) is 1.47. The van der Waals surface area contributed by atoms with Crippen molar-refractivity contribution in [2.75, 3.05) is 18.5 Å². The summed E-state index contributed by atoms with van der Waals surface area (Å²) in [6, 6.07) is 6.52. The summed E-state index contributed by atoms with van der Waals surface area (Å²) >= 11 is 6.17. The lowest BCUT2D eigenvalue weighted by molar-refractivity contribution is -0.0295. The van der Waals surface area contributed by atoms with Gasteiger partial charge in [0.25, 0.3) is 5.91 Å². The summed E-state index contributed by atoms with van der Waals surface area (Å²) in [6.45, 7) is -0.709. The summed E-state index contributed by atoms with van der Waals surface area (Å²) in [5.74, 6) is 1.93. The quantitative estimate of drug-likeness (QED) is 0.440. The van der Waals surface area contributed by atoms with Crippen molar-refractivity contribution in [3.05, 3.63) is 52.8 Å². The van der Waals surface area contributed by atoms with Crippen molar-refractivity contribution in [3.8, 4) is 12.3 Å². The van der Waals surface area contributed by atoms with Crippen molar-refractivity contribution in [3.63, 3.8) is 0 Å². The molecule has 0 aliphatic rings. The highest BCUT2D eigenvalue weighted by Crippen LogP contribution is 2.27. The number of anilines is 2. The molecule has 1 aromatic heterocycles. The molecular weight excluding hydrogens is 346 g/mol. The summed E-state index contributed by atoms with van der Waals surface area (Å²) in [5, 5.41) is 21.3. The van der Waals surface area contributed by atoms with Crippen molar-refractivity contribution in [2.45, 2.75) is 6.10 Å². The normalized spacial score (nSPS) is 11.4. The second kappa shape index (κ2) is 9.01. The third kappa shape index (κ3) is 5.17. The second-order valence-electron chi connectivity index (χ2n) is 4.96. The Hall–Kier alpha value is -2.63. The lowest BCUT2D eigenvalue weighted by Gasteiger charge is -2.13. The van der Waals surface area contributed by atoms with E-state index in [1.165, 1.54) is 18.5 Å². The summed E-state index contributed by atoms with van der Waals surface area (Å²) < 4.78 is 0. The Morgan fingerprint density at radius 1 is 1.40 bits per heavy atom. The van der Waals surface area contributed by atoms with Crippen molar-refractivity contribution < 1.29 is 19.8 Å². The molecule has 4 N–H and O–H groups in total. The van der Waals surface area contributed by atoms with E-state index in [4.69, 9.17) is 28.0 Å². The van der Waals surface area contributed by atoms with Crippen LogP contribution in [0.5, 0.6) is 0 Å². The molecule has 1 heterocycles. The minimum Gasteiger partial charge on any atom is -0.394 e. The smallest absolute Gasteiger partial charge is 0.277 e. The van der Waals surface area contributed by atoms with Gasteiger partial charge in [-0.25, -0.2) is 5.48 Å². The molecule has 0 unspecified atom stereocenters. The maximum Gasteiger partial charge on any atom is 0.277 e. The van der Waals surface area contributed by atoms with Crippen LogP contribution < -0.4 is 10.8 Å². The van der Waals surface area contributed by atoms with Gasteiger partial charge in [-0.05, 0) is 24.3 Å². The number of hydrogen-bond acceptors (Lipinski definition) is 6. The molecule has 8 heteroatoms. The highest BCUT2D eigenvalue weighted by atomic mass is 35.5. The monoisotopic (exact) mass is 361 g/mol. The molecule has 25 heavy (non-hydrogen) atoms. The van der Waals surface area contributed by atoms with E-state index in [0.29, 0.717) is 22.0 Å². The van der Waals surface area contributed by atoms with E-state index in [9.17, 15) is 9.90 Å². The van der Waals surface area contributed by atoms with Crippen LogP contribution in [0.25, 0.3) is 0 Å². The zero-order chi connectivity index (χ0) is 18.2. The number of aromatic nitrogens is 1. The number of carbonyl (C=O) groups excluding carboxylic acids is 1. The Morgan fingerprint density at radius 2 is 2.20 bits per heavy atom. The molecule has 1 amide bonds. The van der Waals surface area contributed by atoms with Crippen LogP contribution in [0, 0.1) is 12.3 Å². The fourth-order valence-corrected chi connectivity index (χ4v) is 2.08. The van der Waals surface area contributed by atoms with E-state index in [-0.39, 0.29) is 12.2 Å². The lowest BCUT2D eigenvalue weighted by Crippen LogP contribution is -2.30. The molecule has 0 radical (unpaired) electrons. The molecule has 0 saturated carbocycles. The zero-order valence-electron chi connectivity index (χ0n) is 13.1. The van der Waals surface area contributed by atoms with Gasteiger partial charge in [0.2, 0.25) is 0 Å². The third-order valence-corrected chi connectivity index (χ3v) is 3.43. The summed E-state index contributed by atoms with van der Waals surface area (Å²) in [7, 11) is 0. The molecule has 0 spiro atoms. The van der Waals surface area contributed by atoms with E-state index < -0.39 is 18.6 Å². The van der Waals surface area contributed by atoms with Crippen molar-refractivity contribution >= 4 is 28.9 Å². The van der Waals surface area contributed by atoms with E-state index in [2.05, 4.69) is 21.7 Å².